The van der Waals surface area contributed by atoms with Crippen LogP contribution in [0.25, 0.3) is 10.9 Å². The van der Waals surface area contributed by atoms with Gasteiger partial charge in [0, 0.05) is 18.5 Å². The van der Waals surface area contributed by atoms with E-state index in [-0.39, 0.29) is 5.92 Å². The van der Waals surface area contributed by atoms with Crippen LogP contribution in [0.4, 0.5) is 5.82 Å². The number of hydrogen-bond acceptors (Lipinski definition) is 3. The SMILES string of the molecule is Cc1cccc2ccc(N3CC(C(=O)O)C3)nc12. The highest BCUT2D eigenvalue weighted by Gasteiger charge is 2.33. The van der Waals surface area contributed by atoms with E-state index in [0.29, 0.717) is 13.1 Å². The zero-order chi connectivity index (χ0) is 12.7. The molecular weight excluding hydrogens is 228 g/mol. The number of pyridine rings is 1. The van der Waals surface area contributed by atoms with Gasteiger partial charge in [0.1, 0.15) is 5.82 Å². The molecule has 1 aromatic heterocycles. The summed E-state index contributed by atoms with van der Waals surface area (Å²) in [6, 6.07) is 10.1. The Kier molecular flexibility index (Phi) is 2.44. The minimum Gasteiger partial charge on any atom is -0.481 e. The Balaban J connectivity index is 1.91. The fourth-order valence-electron chi connectivity index (χ4n) is 2.28. The maximum Gasteiger partial charge on any atom is 0.310 e. The van der Waals surface area contributed by atoms with Gasteiger partial charge >= 0.3 is 5.97 Å². The van der Waals surface area contributed by atoms with Crippen molar-refractivity contribution in [2.45, 2.75) is 6.92 Å². The summed E-state index contributed by atoms with van der Waals surface area (Å²) in [6.07, 6.45) is 0. The Morgan fingerprint density at radius 1 is 1.33 bits per heavy atom. The smallest absolute Gasteiger partial charge is 0.310 e. The Morgan fingerprint density at radius 3 is 2.83 bits per heavy atom. The number of carboxylic acid groups (broad SMARTS) is 1. The van der Waals surface area contributed by atoms with Crippen molar-refractivity contribution in [2.75, 3.05) is 18.0 Å². The molecule has 0 atom stereocenters. The van der Waals surface area contributed by atoms with Gasteiger partial charge in [-0.05, 0) is 24.6 Å². The molecule has 18 heavy (non-hydrogen) atoms. The van der Waals surface area contributed by atoms with Gasteiger partial charge in [-0.3, -0.25) is 4.79 Å². The van der Waals surface area contributed by atoms with Gasteiger partial charge in [-0.2, -0.15) is 0 Å². The van der Waals surface area contributed by atoms with Crippen molar-refractivity contribution in [1.82, 2.24) is 4.98 Å². The van der Waals surface area contributed by atoms with Crippen molar-refractivity contribution in [3.8, 4) is 0 Å². The van der Waals surface area contributed by atoms with E-state index < -0.39 is 5.97 Å². The van der Waals surface area contributed by atoms with E-state index in [2.05, 4.69) is 4.98 Å². The van der Waals surface area contributed by atoms with Crippen LogP contribution >= 0.6 is 0 Å². The number of nitrogens with zero attached hydrogens (tertiary/aromatic N) is 2. The third-order valence-corrected chi connectivity index (χ3v) is 3.46. The molecule has 1 N–H and O–H groups in total. The molecule has 1 aliphatic rings. The Labute approximate surface area is 105 Å². The molecule has 0 unspecified atom stereocenters. The predicted octanol–water partition coefficient (Wildman–Crippen LogP) is 2.06. The highest BCUT2D eigenvalue weighted by Crippen LogP contribution is 2.26. The molecule has 3 rings (SSSR count). The quantitative estimate of drug-likeness (QED) is 0.875. The normalized spacial score (nSPS) is 15.7. The lowest BCUT2D eigenvalue weighted by Crippen LogP contribution is -2.50. The zero-order valence-corrected chi connectivity index (χ0v) is 10.1. The van der Waals surface area contributed by atoms with E-state index in [4.69, 9.17) is 5.11 Å². The average molecular weight is 242 g/mol. The van der Waals surface area contributed by atoms with Crippen molar-refractivity contribution in [2.24, 2.45) is 5.92 Å². The van der Waals surface area contributed by atoms with E-state index in [9.17, 15) is 4.79 Å². The second kappa shape index (κ2) is 3.98. The third kappa shape index (κ3) is 1.70. The lowest BCUT2D eigenvalue weighted by molar-refractivity contribution is -0.142. The van der Waals surface area contributed by atoms with Crippen LogP contribution in [0.5, 0.6) is 0 Å². The maximum atomic E-state index is 10.8. The van der Waals surface area contributed by atoms with Gasteiger partial charge < -0.3 is 10.0 Å². The predicted molar refractivity (Wildman–Crippen MR) is 69.8 cm³/mol. The molecule has 0 saturated carbocycles. The summed E-state index contributed by atoms with van der Waals surface area (Å²) in [5.41, 5.74) is 2.14. The first-order valence-electron chi connectivity index (χ1n) is 5.99. The molecule has 0 aliphatic carbocycles. The highest BCUT2D eigenvalue weighted by molar-refractivity contribution is 5.83. The minimum atomic E-state index is -0.719. The molecule has 4 heteroatoms. The molecule has 1 saturated heterocycles. The molecule has 1 aromatic carbocycles. The largest absolute Gasteiger partial charge is 0.481 e. The molecule has 2 heterocycles. The second-order valence-electron chi connectivity index (χ2n) is 4.76. The summed E-state index contributed by atoms with van der Waals surface area (Å²) in [6.45, 7) is 3.15. The fourth-order valence-corrected chi connectivity index (χ4v) is 2.28. The van der Waals surface area contributed by atoms with Crippen molar-refractivity contribution in [3.63, 3.8) is 0 Å². The number of rotatable bonds is 2. The molecule has 0 amide bonds. The average Bonchev–Trinajstić information content (AvgIpc) is 2.27. The van der Waals surface area contributed by atoms with Crippen molar-refractivity contribution >= 4 is 22.7 Å². The molecule has 0 bridgehead atoms. The van der Waals surface area contributed by atoms with Gasteiger partial charge in [0.05, 0.1) is 11.4 Å². The van der Waals surface area contributed by atoms with E-state index in [1.807, 2.05) is 42.2 Å². The lowest BCUT2D eigenvalue weighted by atomic mass is 10.0. The number of aliphatic carboxylic acids is 1. The van der Waals surface area contributed by atoms with Crippen molar-refractivity contribution < 1.29 is 9.90 Å². The Hall–Kier alpha value is -2.10. The molecule has 92 valence electrons. The molecule has 4 nitrogen and oxygen atoms in total. The fraction of sp³-hybridized carbons (Fsp3) is 0.286. The number of carboxylic acids is 1. The zero-order valence-electron chi connectivity index (χ0n) is 10.1. The number of para-hydroxylation sites is 1. The minimum absolute atomic E-state index is 0.251. The molecular formula is C14H14N2O2. The first-order valence-corrected chi connectivity index (χ1v) is 5.99. The first-order chi connectivity index (χ1) is 8.65. The summed E-state index contributed by atoms with van der Waals surface area (Å²) in [7, 11) is 0. The van der Waals surface area contributed by atoms with Crippen LogP contribution in [0.1, 0.15) is 5.56 Å². The van der Waals surface area contributed by atoms with Crippen LogP contribution < -0.4 is 4.90 Å². The lowest BCUT2D eigenvalue weighted by Gasteiger charge is -2.37. The van der Waals surface area contributed by atoms with Gasteiger partial charge in [-0.15, -0.1) is 0 Å². The number of aromatic nitrogens is 1. The van der Waals surface area contributed by atoms with Gasteiger partial charge in [0.15, 0.2) is 0 Å². The van der Waals surface area contributed by atoms with E-state index in [1.54, 1.807) is 0 Å². The topological polar surface area (TPSA) is 53.4 Å². The van der Waals surface area contributed by atoms with Crippen molar-refractivity contribution in [3.05, 3.63) is 35.9 Å². The number of anilines is 1. The second-order valence-corrected chi connectivity index (χ2v) is 4.76. The van der Waals surface area contributed by atoms with E-state index in [1.165, 1.54) is 0 Å². The standard InChI is InChI=1S/C14H14N2O2/c1-9-3-2-4-10-5-6-12(15-13(9)10)16-7-11(8-16)14(17)18/h2-6,11H,7-8H2,1H3,(H,17,18). The summed E-state index contributed by atoms with van der Waals surface area (Å²) in [5.74, 6) is -0.100. The van der Waals surface area contributed by atoms with Crippen molar-refractivity contribution in [1.29, 1.82) is 0 Å². The number of benzene rings is 1. The summed E-state index contributed by atoms with van der Waals surface area (Å²) in [4.78, 5) is 17.4. The number of hydrogen-bond donors (Lipinski definition) is 1. The van der Waals surface area contributed by atoms with Crippen LogP contribution in [0.3, 0.4) is 0 Å². The maximum absolute atomic E-state index is 10.8. The monoisotopic (exact) mass is 242 g/mol. The Morgan fingerprint density at radius 2 is 2.11 bits per heavy atom. The molecule has 0 radical (unpaired) electrons. The highest BCUT2D eigenvalue weighted by atomic mass is 16.4. The Bertz CT molecular complexity index is 618. The van der Waals surface area contributed by atoms with Crippen LogP contribution in [0.2, 0.25) is 0 Å². The number of carbonyl (C=O) groups is 1. The van der Waals surface area contributed by atoms with E-state index >= 15 is 0 Å². The van der Waals surface area contributed by atoms with E-state index in [0.717, 1.165) is 22.3 Å². The first kappa shape index (κ1) is 11.0. The van der Waals surface area contributed by atoms with Gasteiger partial charge in [-0.1, -0.05) is 18.2 Å². The molecule has 1 aliphatic heterocycles. The van der Waals surface area contributed by atoms with Crippen LogP contribution in [-0.4, -0.2) is 29.1 Å². The van der Waals surface area contributed by atoms with Gasteiger partial charge in [0.2, 0.25) is 0 Å². The summed E-state index contributed by atoms with van der Waals surface area (Å²) in [5, 5.41) is 9.99. The third-order valence-electron chi connectivity index (χ3n) is 3.46. The van der Waals surface area contributed by atoms with Crippen LogP contribution in [-0.2, 0) is 4.79 Å². The summed E-state index contributed by atoms with van der Waals surface area (Å²) >= 11 is 0. The number of fused-ring (bicyclic) bond motifs is 1. The van der Waals surface area contributed by atoms with Gasteiger partial charge in [0.25, 0.3) is 0 Å². The number of aryl methyl sites for hydroxylation is 1. The van der Waals surface area contributed by atoms with Gasteiger partial charge in [-0.25, -0.2) is 4.98 Å². The molecule has 2 aromatic rings. The molecule has 1 fully saturated rings. The molecule has 0 spiro atoms. The summed E-state index contributed by atoms with van der Waals surface area (Å²) < 4.78 is 0. The van der Waals surface area contributed by atoms with Crippen LogP contribution in [0, 0.1) is 12.8 Å². The van der Waals surface area contributed by atoms with Crippen LogP contribution in [0.15, 0.2) is 30.3 Å².